The van der Waals surface area contributed by atoms with Crippen LogP contribution in [0.3, 0.4) is 0 Å². The molecule has 4 atom stereocenters. The van der Waals surface area contributed by atoms with Crippen LogP contribution in [0.4, 0.5) is 4.79 Å². The zero-order chi connectivity index (χ0) is 27.1. The highest BCUT2D eigenvalue weighted by atomic mass is 16.2. The molecule has 1 rings (SSSR count). The summed E-state index contributed by atoms with van der Waals surface area (Å²) in [5.74, 6) is -0.345. The van der Waals surface area contributed by atoms with Crippen molar-refractivity contribution in [3.8, 4) is 0 Å². The molecule has 10 heteroatoms. The van der Waals surface area contributed by atoms with Crippen molar-refractivity contribution in [2.45, 2.75) is 99.2 Å². The molecule has 0 aliphatic carbocycles. The highest BCUT2D eigenvalue weighted by Gasteiger charge is 2.42. The first kappa shape index (κ1) is 33.5. The average molecular weight is 486 g/mol. The Bertz CT molecular complexity index is 663. The highest BCUT2D eigenvalue weighted by Crippen LogP contribution is 2.26. The molecule has 0 radical (unpaired) electrons. The molecule has 198 valence electrons. The predicted molar refractivity (Wildman–Crippen MR) is 134 cm³/mol. The van der Waals surface area contributed by atoms with E-state index in [0.29, 0.717) is 31.7 Å². The Kier molecular flexibility index (Phi) is 16.6. The monoisotopic (exact) mass is 485 g/mol. The van der Waals surface area contributed by atoms with Crippen LogP contribution in [0, 0.1) is 11.3 Å². The van der Waals surface area contributed by atoms with Crippen LogP contribution in [0.5, 0.6) is 0 Å². The van der Waals surface area contributed by atoms with Gasteiger partial charge in [-0.1, -0.05) is 54.9 Å². The Balaban J connectivity index is 0. The molecule has 1 aliphatic rings. The number of ketones is 1. The number of likely N-dealkylation sites (tertiary alicyclic amines) is 1. The largest absolute Gasteiger partial charge is 0.372 e. The number of carbonyl (C=O) groups excluding carboxylic acids is 5. The highest BCUT2D eigenvalue weighted by molar-refractivity contribution is 5.94. The van der Waals surface area contributed by atoms with Gasteiger partial charge in [0, 0.05) is 13.6 Å². The van der Waals surface area contributed by atoms with E-state index in [-0.39, 0.29) is 24.0 Å². The normalized spacial score (nSPS) is 17.4. The second-order valence-corrected chi connectivity index (χ2v) is 9.27. The zero-order valence-electron chi connectivity index (χ0n) is 22.5. The van der Waals surface area contributed by atoms with Gasteiger partial charge in [0.05, 0.1) is 6.04 Å². The van der Waals surface area contributed by atoms with Gasteiger partial charge in [0.2, 0.25) is 18.2 Å². The first-order valence-electron chi connectivity index (χ1n) is 12.1. The molecule has 0 saturated carbocycles. The lowest BCUT2D eigenvalue weighted by Crippen LogP contribution is -2.59. The van der Waals surface area contributed by atoms with Gasteiger partial charge in [-0.15, -0.1) is 0 Å². The first-order chi connectivity index (χ1) is 15.8. The van der Waals surface area contributed by atoms with Crippen molar-refractivity contribution in [3.05, 3.63) is 0 Å². The number of nitrogens with two attached hydrogens (primary N) is 1. The Morgan fingerprint density at radius 3 is 2.09 bits per heavy atom. The lowest BCUT2D eigenvalue weighted by Gasteiger charge is -2.35. The van der Waals surface area contributed by atoms with E-state index >= 15 is 0 Å². The summed E-state index contributed by atoms with van der Waals surface area (Å²) in [6, 6.07) is -2.38. The minimum absolute atomic E-state index is 0.0802. The van der Waals surface area contributed by atoms with Gasteiger partial charge >= 0.3 is 6.03 Å². The SMILES string of the molecule is CC.CCC(C)CC(NC(=O)C1CCCN1C(=O)C(NC(=O)NC)C(C)(C)C)C(C)=O.NC=O. The predicted octanol–water partition coefficient (Wildman–Crippen LogP) is 1.96. The standard InChI is InChI=1S/C21H38N4O4.C2H6.CH3NO/c1-8-13(2)12-15(14(3)26)23-18(27)16-10-9-11-25(16)19(28)17(21(4,5)6)24-20(29)22-7;1-2;2-1-3/h13,15-17H,8-12H2,1-7H3,(H,23,27)(H2,22,24,29);1-2H3;1H,(H2,2,3). The van der Waals surface area contributed by atoms with Crippen LogP contribution in [-0.2, 0) is 19.2 Å². The van der Waals surface area contributed by atoms with E-state index in [2.05, 4.69) is 21.7 Å². The summed E-state index contributed by atoms with van der Waals surface area (Å²) in [5, 5.41) is 8.04. The molecule has 10 nitrogen and oxygen atoms in total. The lowest BCUT2D eigenvalue weighted by atomic mass is 9.85. The van der Waals surface area contributed by atoms with E-state index in [1.54, 1.807) is 4.90 Å². The van der Waals surface area contributed by atoms with Crippen LogP contribution in [-0.4, -0.2) is 66.7 Å². The van der Waals surface area contributed by atoms with Crippen molar-refractivity contribution in [2.75, 3.05) is 13.6 Å². The number of nitrogens with one attached hydrogen (secondary N) is 3. The number of hydrogen-bond donors (Lipinski definition) is 4. The Hall–Kier alpha value is -2.65. The fourth-order valence-corrected chi connectivity index (χ4v) is 3.48. The first-order valence-corrected chi connectivity index (χ1v) is 12.1. The molecule has 1 fully saturated rings. The van der Waals surface area contributed by atoms with Gasteiger partial charge in [0.15, 0.2) is 5.78 Å². The maximum Gasteiger partial charge on any atom is 0.315 e. The maximum absolute atomic E-state index is 13.2. The summed E-state index contributed by atoms with van der Waals surface area (Å²) in [6.45, 7) is 15.6. The van der Waals surface area contributed by atoms with Crippen LogP contribution >= 0.6 is 0 Å². The molecule has 0 aromatic rings. The van der Waals surface area contributed by atoms with E-state index in [1.165, 1.54) is 14.0 Å². The third kappa shape index (κ3) is 11.5. The zero-order valence-corrected chi connectivity index (χ0v) is 22.5. The molecule has 0 bridgehead atoms. The van der Waals surface area contributed by atoms with Gasteiger partial charge in [0.25, 0.3) is 0 Å². The van der Waals surface area contributed by atoms with E-state index in [1.807, 2.05) is 48.5 Å². The quantitative estimate of drug-likeness (QED) is 0.388. The van der Waals surface area contributed by atoms with E-state index in [0.717, 1.165) is 6.42 Å². The topological polar surface area (TPSA) is 151 Å². The van der Waals surface area contributed by atoms with Crippen LogP contribution in [0.1, 0.15) is 81.1 Å². The fourth-order valence-electron chi connectivity index (χ4n) is 3.48. The van der Waals surface area contributed by atoms with Gasteiger partial charge < -0.3 is 26.6 Å². The third-order valence-electron chi connectivity index (χ3n) is 5.60. The lowest BCUT2D eigenvalue weighted by molar-refractivity contribution is -0.142. The number of rotatable bonds is 8. The summed E-state index contributed by atoms with van der Waals surface area (Å²) in [7, 11) is 1.49. The molecule has 5 N–H and O–H groups in total. The number of hydrogen-bond acceptors (Lipinski definition) is 5. The molecule has 1 aliphatic heterocycles. The minimum atomic E-state index is -0.764. The number of primary amides is 1. The molecular formula is C24H47N5O5. The van der Waals surface area contributed by atoms with Crippen molar-refractivity contribution in [1.82, 2.24) is 20.9 Å². The van der Waals surface area contributed by atoms with E-state index in [4.69, 9.17) is 4.79 Å². The number of carbonyl (C=O) groups is 5. The van der Waals surface area contributed by atoms with Crippen molar-refractivity contribution in [2.24, 2.45) is 17.1 Å². The minimum Gasteiger partial charge on any atom is -0.372 e. The van der Waals surface area contributed by atoms with Crippen molar-refractivity contribution < 1.29 is 24.0 Å². The molecule has 0 spiro atoms. The molecule has 34 heavy (non-hydrogen) atoms. The van der Waals surface area contributed by atoms with Crippen LogP contribution in [0.2, 0.25) is 0 Å². The molecule has 5 amide bonds. The fraction of sp³-hybridized carbons (Fsp3) is 0.792. The van der Waals surface area contributed by atoms with Crippen LogP contribution in [0.25, 0.3) is 0 Å². The van der Waals surface area contributed by atoms with Crippen molar-refractivity contribution in [1.29, 1.82) is 0 Å². The number of amides is 5. The van der Waals surface area contributed by atoms with Gasteiger partial charge in [-0.2, -0.15) is 0 Å². The summed E-state index contributed by atoms with van der Waals surface area (Å²) < 4.78 is 0. The van der Waals surface area contributed by atoms with Crippen LogP contribution in [0.15, 0.2) is 0 Å². The average Bonchev–Trinajstić information content (AvgIpc) is 3.27. The van der Waals surface area contributed by atoms with Gasteiger partial charge in [-0.3, -0.25) is 19.2 Å². The molecule has 1 heterocycles. The maximum atomic E-state index is 13.2. The second kappa shape index (κ2) is 16.9. The molecule has 0 aromatic heterocycles. The smallest absolute Gasteiger partial charge is 0.315 e. The summed E-state index contributed by atoms with van der Waals surface area (Å²) in [4.78, 5) is 60.2. The summed E-state index contributed by atoms with van der Waals surface area (Å²) >= 11 is 0. The van der Waals surface area contributed by atoms with Crippen molar-refractivity contribution >= 4 is 30.0 Å². The van der Waals surface area contributed by atoms with Gasteiger partial charge in [-0.25, -0.2) is 4.79 Å². The molecule has 0 aromatic carbocycles. The molecule has 1 saturated heterocycles. The molecular weight excluding hydrogens is 438 g/mol. The third-order valence-corrected chi connectivity index (χ3v) is 5.60. The van der Waals surface area contributed by atoms with E-state index in [9.17, 15) is 19.2 Å². The van der Waals surface area contributed by atoms with Gasteiger partial charge in [-0.05, 0) is 37.5 Å². The second-order valence-electron chi connectivity index (χ2n) is 9.27. The number of Topliss-reactive ketones (excluding diaryl/α,β-unsaturated/α-hetero) is 1. The van der Waals surface area contributed by atoms with Gasteiger partial charge in [0.1, 0.15) is 12.1 Å². The Morgan fingerprint density at radius 1 is 1.15 bits per heavy atom. The Morgan fingerprint density at radius 2 is 1.68 bits per heavy atom. The van der Waals surface area contributed by atoms with Crippen LogP contribution < -0.4 is 21.7 Å². The van der Waals surface area contributed by atoms with Crippen molar-refractivity contribution in [3.63, 3.8) is 0 Å². The Labute approximate surface area is 205 Å². The van der Waals surface area contributed by atoms with E-state index < -0.39 is 29.6 Å². The summed E-state index contributed by atoms with van der Waals surface area (Å²) in [5.41, 5.74) is 3.64. The molecule has 4 unspecified atom stereocenters. The summed E-state index contributed by atoms with van der Waals surface area (Å²) in [6.07, 6.45) is 3.01. The number of nitrogens with zero attached hydrogens (tertiary/aromatic N) is 1. The number of urea groups is 1.